The van der Waals surface area contributed by atoms with E-state index < -0.39 is 22.9 Å². The molecule has 0 amide bonds. The van der Waals surface area contributed by atoms with Gasteiger partial charge < -0.3 is 14.2 Å². The van der Waals surface area contributed by atoms with E-state index in [0.717, 1.165) is 5.57 Å². The van der Waals surface area contributed by atoms with Crippen LogP contribution in [0.5, 0.6) is 0 Å². The van der Waals surface area contributed by atoms with Gasteiger partial charge in [0, 0.05) is 22.7 Å². The second kappa shape index (κ2) is 5.94. The molecule has 0 unspecified atom stereocenters. The van der Waals surface area contributed by atoms with E-state index in [-0.39, 0.29) is 47.5 Å². The number of fused-ring (bicyclic) bond motifs is 2. The van der Waals surface area contributed by atoms with Gasteiger partial charge in [-0.05, 0) is 36.8 Å². The lowest BCUT2D eigenvalue weighted by Crippen LogP contribution is -2.69. The maximum atomic E-state index is 13.7. The van der Waals surface area contributed by atoms with Gasteiger partial charge >= 0.3 is 5.97 Å². The first-order valence-corrected chi connectivity index (χ1v) is 9.91. The van der Waals surface area contributed by atoms with E-state index in [4.69, 9.17) is 14.2 Å². The van der Waals surface area contributed by atoms with Gasteiger partial charge in [0.15, 0.2) is 11.5 Å². The van der Waals surface area contributed by atoms with Crippen molar-refractivity contribution in [2.75, 3.05) is 14.2 Å². The number of ether oxygens (including phenoxy) is 3. The Morgan fingerprint density at radius 2 is 1.82 bits per heavy atom. The van der Waals surface area contributed by atoms with Crippen molar-refractivity contribution < 1.29 is 28.6 Å². The first-order valence-electron chi connectivity index (χ1n) is 9.91. The van der Waals surface area contributed by atoms with E-state index in [9.17, 15) is 14.4 Å². The van der Waals surface area contributed by atoms with Crippen LogP contribution in [0.2, 0.25) is 0 Å². The predicted octanol–water partition coefficient (Wildman–Crippen LogP) is 2.82. The van der Waals surface area contributed by atoms with Crippen molar-refractivity contribution in [3.05, 3.63) is 23.2 Å². The summed E-state index contributed by atoms with van der Waals surface area (Å²) < 4.78 is 16.7. The fourth-order valence-electron chi connectivity index (χ4n) is 6.81. The monoisotopic (exact) mass is 388 g/mol. The molecule has 0 bridgehead atoms. The van der Waals surface area contributed by atoms with Crippen molar-refractivity contribution in [3.8, 4) is 0 Å². The molecule has 0 N–H and O–H groups in total. The quantitative estimate of drug-likeness (QED) is 0.677. The molecule has 1 aliphatic heterocycles. The van der Waals surface area contributed by atoms with Crippen molar-refractivity contribution in [1.29, 1.82) is 0 Å². The molecule has 0 aromatic carbocycles. The maximum absolute atomic E-state index is 13.7. The van der Waals surface area contributed by atoms with Gasteiger partial charge in [0.1, 0.15) is 6.10 Å². The minimum Gasteiger partial charge on any atom is -0.493 e. The van der Waals surface area contributed by atoms with Gasteiger partial charge in [-0.15, -0.1) is 0 Å². The summed E-state index contributed by atoms with van der Waals surface area (Å²) in [5, 5.41) is 0. The van der Waals surface area contributed by atoms with Gasteiger partial charge in [-0.1, -0.05) is 20.8 Å². The summed E-state index contributed by atoms with van der Waals surface area (Å²) in [7, 11) is 2.97. The average molecular weight is 388 g/mol. The van der Waals surface area contributed by atoms with E-state index in [1.165, 1.54) is 14.2 Å². The predicted molar refractivity (Wildman–Crippen MR) is 99.8 cm³/mol. The van der Waals surface area contributed by atoms with Crippen LogP contribution in [0.1, 0.15) is 40.5 Å². The summed E-state index contributed by atoms with van der Waals surface area (Å²) in [6.07, 6.45) is 2.21. The fourth-order valence-corrected chi connectivity index (χ4v) is 6.81. The third-order valence-electron chi connectivity index (χ3n) is 8.10. The molecular formula is C22H28O6. The molecule has 28 heavy (non-hydrogen) atoms. The van der Waals surface area contributed by atoms with Gasteiger partial charge in [-0.3, -0.25) is 14.4 Å². The second-order valence-corrected chi connectivity index (χ2v) is 9.16. The highest BCUT2D eigenvalue weighted by molar-refractivity contribution is 6.07. The molecular weight excluding hydrogens is 360 g/mol. The van der Waals surface area contributed by atoms with Crippen LogP contribution in [0.25, 0.3) is 0 Å². The molecule has 0 spiro atoms. The van der Waals surface area contributed by atoms with E-state index >= 15 is 0 Å². The van der Waals surface area contributed by atoms with Crippen LogP contribution in [0.15, 0.2) is 23.2 Å². The number of esters is 1. The van der Waals surface area contributed by atoms with E-state index in [2.05, 4.69) is 0 Å². The Kier molecular flexibility index (Phi) is 4.08. The minimum atomic E-state index is -0.936. The van der Waals surface area contributed by atoms with E-state index in [1.807, 2.05) is 33.8 Å². The fraction of sp³-hybridized carbons (Fsp3) is 0.682. The zero-order valence-corrected chi connectivity index (χ0v) is 17.3. The van der Waals surface area contributed by atoms with E-state index in [1.54, 1.807) is 0 Å². The molecule has 2 fully saturated rings. The average Bonchev–Trinajstić information content (AvgIpc) is 2.63. The molecule has 6 nitrogen and oxygen atoms in total. The van der Waals surface area contributed by atoms with Crippen LogP contribution in [-0.4, -0.2) is 37.9 Å². The largest absolute Gasteiger partial charge is 0.493 e. The standard InChI is InChI=1S/C22H28O6/c1-10-7-14(26-5)20(25)22(4)12(10)8-15-21(3)13(9-16(23)28-15)11(2)18(27-6)17(24)19(21)22/h7,10,12-13,15,19H,8-9H2,1-6H3/t10-,12-,13+,15-,19+,21+,22-/m1/s1. The van der Waals surface area contributed by atoms with Gasteiger partial charge in [-0.25, -0.2) is 0 Å². The van der Waals surface area contributed by atoms with Crippen LogP contribution in [-0.2, 0) is 28.6 Å². The lowest BCUT2D eigenvalue weighted by Gasteiger charge is -2.64. The van der Waals surface area contributed by atoms with Crippen LogP contribution in [0.4, 0.5) is 0 Å². The molecule has 0 aromatic rings. The zero-order valence-electron chi connectivity index (χ0n) is 17.3. The molecule has 1 heterocycles. The smallest absolute Gasteiger partial charge is 0.306 e. The molecule has 0 aromatic heterocycles. The number of rotatable bonds is 2. The maximum Gasteiger partial charge on any atom is 0.306 e. The SMILES string of the molecule is COC1=C[C@@H](C)[C@H]2C[C@H]3OC(=O)C[C@H]4C(C)=C(OC)C(=O)[C@H]([C@]2(C)C1=O)[C@]34C. The number of hydrogen-bond donors (Lipinski definition) is 0. The number of hydrogen-bond acceptors (Lipinski definition) is 6. The van der Waals surface area contributed by atoms with Crippen molar-refractivity contribution in [1.82, 2.24) is 0 Å². The highest BCUT2D eigenvalue weighted by atomic mass is 16.5. The van der Waals surface area contributed by atoms with Gasteiger partial charge in [0.2, 0.25) is 11.6 Å². The van der Waals surface area contributed by atoms with Crippen molar-refractivity contribution in [3.63, 3.8) is 0 Å². The summed E-state index contributed by atoms with van der Waals surface area (Å²) >= 11 is 0. The molecule has 4 rings (SSSR count). The highest BCUT2D eigenvalue weighted by Gasteiger charge is 2.72. The van der Waals surface area contributed by atoms with Crippen LogP contribution < -0.4 is 0 Å². The molecule has 7 atom stereocenters. The Morgan fingerprint density at radius 3 is 2.43 bits per heavy atom. The summed E-state index contributed by atoms with van der Waals surface area (Å²) in [6, 6.07) is 0. The zero-order chi connectivity index (χ0) is 20.6. The van der Waals surface area contributed by atoms with Gasteiger partial charge in [-0.2, -0.15) is 0 Å². The number of allylic oxidation sites excluding steroid dienone is 4. The summed E-state index contributed by atoms with van der Waals surface area (Å²) in [5.41, 5.74) is -0.795. The Bertz CT molecular complexity index is 838. The first-order chi connectivity index (χ1) is 13.1. The number of Topliss-reactive ketones (excluding diaryl/α,β-unsaturated/α-hetero) is 2. The second-order valence-electron chi connectivity index (χ2n) is 9.16. The molecule has 0 radical (unpaired) electrons. The third kappa shape index (κ3) is 2.06. The Hall–Kier alpha value is -2.11. The van der Waals surface area contributed by atoms with E-state index in [0.29, 0.717) is 12.2 Å². The number of methoxy groups -OCH3 is 2. The minimum absolute atomic E-state index is 0.0204. The van der Waals surface area contributed by atoms with Crippen LogP contribution in [0.3, 0.4) is 0 Å². The number of carbonyl (C=O) groups excluding carboxylic acids is 3. The third-order valence-corrected chi connectivity index (χ3v) is 8.10. The Balaban J connectivity index is 1.99. The summed E-state index contributed by atoms with van der Waals surface area (Å²) in [6.45, 7) is 7.80. The molecule has 152 valence electrons. The molecule has 3 aliphatic carbocycles. The lowest BCUT2D eigenvalue weighted by molar-refractivity contribution is -0.217. The van der Waals surface area contributed by atoms with Crippen LogP contribution in [0, 0.1) is 34.5 Å². The van der Waals surface area contributed by atoms with Crippen molar-refractivity contribution in [2.45, 2.75) is 46.6 Å². The topological polar surface area (TPSA) is 78.9 Å². The number of ketones is 2. The highest BCUT2D eigenvalue weighted by Crippen LogP contribution is 2.67. The summed E-state index contributed by atoms with van der Waals surface area (Å²) in [5.74, 6) is -0.854. The molecule has 6 heteroatoms. The molecule has 1 saturated carbocycles. The Labute approximate surface area is 165 Å². The van der Waals surface area contributed by atoms with Crippen molar-refractivity contribution >= 4 is 17.5 Å². The normalized spacial score (nSPS) is 45.0. The lowest BCUT2D eigenvalue weighted by atomic mass is 9.40. The van der Waals surface area contributed by atoms with Crippen LogP contribution >= 0.6 is 0 Å². The van der Waals surface area contributed by atoms with Gasteiger partial charge in [0.05, 0.1) is 20.6 Å². The van der Waals surface area contributed by atoms with Crippen molar-refractivity contribution in [2.24, 2.45) is 34.5 Å². The first kappa shape index (κ1) is 19.2. The molecule has 4 aliphatic rings. The molecule has 1 saturated heterocycles. The van der Waals surface area contributed by atoms with Gasteiger partial charge in [0.25, 0.3) is 0 Å². The summed E-state index contributed by atoms with van der Waals surface area (Å²) in [4.78, 5) is 39.6. The Morgan fingerprint density at radius 1 is 1.14 bits per heavy atom. The number of carbonyl (C=O) groups is 3.